The molecule has 1 heteroatoms. The van der Waals surface area contributed by atoms with E-state index in [-0.39, 0.29) is 6.10 Å². The van der Waals surface area contributed by atoms with E-state index < -0.39 is 0 Å². The topological polar surface area (TPSA) is 9.23 Å². The van der Waals surface area contributed by atoms with Crippen LogP contribution in [0.5, 0.6) is 0 Å². The fraction of sp³-hybridized carbons (Fsp3) is 0.667. The molecule has 1 fully saturated rings. The van der Waals surface area contributed by atoms with E-state index in [4.69, 9.17) is 4.74 Å². The van der Waals surface area contributed by atoms with Crippen molar-refractivity contribution in [1.29, 1.82) is 0 Å². The maximum absolute atomic E-state index is 5.44. The summed E-state index contributed by atoms with van der Waals surface area (Å²) in [4.78, 5) is 0. The Morgan fingerprint density at radius 3 is 3.00 bits per heavy atom. The molecule has 0 bridgehead atoms. The van der Waals surface area contributed by atoms with E-state index in [1.807, 2.05) is 0 Å². The van der Waals surface area contributed by atoms with Gasteiger partial charge in [-0.15, -0.1) is 0 Å². The molecule has 1 saturated heterocycles. The molecule has 0 radical (unpaired) electrons. The van der Waals surface area contributed by atoms with E-state index in [1.54, 1.807) is 0 Å². The van der Waals surface area contributed by atoms with Crippen molar-refractivity contribution in [1.82, 2.24) is 0 Å². The molecular formula is C12H16O. The van der Waals surface area contributed by atoms with Crippen LogP contribution >= 0.6 is 0 Å². The molecule has 2 aliphatic rings. The SMILES string of the molecule is C(#CC1CCCO1)C1=CCCCC1. The van der Waals surface area contributed by atoms with Gasteiger partial charge in [0.15, 0.2) is 0 Å². The van der Waals surface area contributed by atoms with Gasteiger partial charge in [0.1, 0.15) is 6.10 Å². The van der Waals surface area contributed by atoms with Crippen LogP contribution in [0, 0.1) is 11.8 Å². The van der Waals surface area contributed by atoms with Crippen molar-refractivity contribution in [2.45, 2.75) is 44.6 Å². The van der Waals surface area contributed by atoms with Crippen LogP contribution in [0.3, 0.4) is 0 Å². The van der Waals surface area contributed by atoms with E-state index in [2.05, 4.69) is 17.9 Å². The normalized spacial score (nSPS) is 27.7. The lowest BCUT2D eigenvalue weighted by molar-refractivity contribution is 0.152. The number of allylic oxidation sites excluding steroid dienone is 2. The molecule has 2 rings (SSSR count). The monoisotopic (exact) mass is 176 g/mol. The fourth-order valence-corrected chi connectivity index (χ4v) is 1.82. The Balaban J connectivity index is 1.90. The van der Waals surface area contributed by atoms with Gasteiger partial charge in [-0.25, -0.2) is 0 Å². The van der Waals surface area contributed by atoms with Crippen molar-refractivity contribution in [2.24, 2.45) is 0 Å². The van der Waals surface area contributed by atoms with Gasteiger partial charge < -0.3 is 4.74 Å². The van der Waals surface area contributed by atoms with E-state index in [0.717, 1.165) is 13.0 Å². The Morgan fingerprint density at radius 1 is 1.31 bits per heavy atom. The van der Waals surface area contributed by atoms with Crippen molar-refractivity contribution >= 4 is 0 Å². The van der Waals surface area contributed by atoms with Gasteiger partial charge in [0.25, 0.3) is 0 Å². The van der Waals surface area contributed by atoms with Gasteiger partial charge in [0.05, 0.1) is 0 Å². The molecule has 0 N–H and O–H groups in total. The molecule has 0 aromatic heterocycles. The van der Waals surface area contributed by atoms with Crippen molar-refractivity contribution in [3.63, 3.8) is 0 Å². The summed E-state index contributed by atoms with van der Waals surface area (Å²) in [7, 11) is 0. The minimum absolute atomic E-state index is 0.225. The maximum atomic E-state index is 5.44. The number of ether oxygens (including phenoxy) is 1. The first-order chi connectivity index (χ1) is 6.45. The molecule has 0 spiro atoms. The molecule has 0 aromatic carbocycles. The van der Waals surface area contributed by atoms with Crippen molar-refractivity contribution in [3.8, 4) is 11.8 Å². The Labute approximate surface area is 80.2 Å². The standard InChI is InChI=1S/C12H16O/c1-2-5-11(6-3-1)8-9-12-7-4-10-13-12/h5,12H,1-4,6-7,10H2. The highest BCUT2D eigenvalue weighted by atomic mass is 16.5. The highest BCUT2D eigenvalue weighted by Gasteiger charge is 2.11. The molecule has 0 amide bonds. The van der Waals surface area contributed by atoms with Crippen molar-refractivity contribution < 1.29 is 4.74 Å². The van der Waals surface area contributed by atoms with Crippen LogP contribution < -0.4 is 0 Å². The van der Waals surface area contributed by atoms with Crippen molar-refractivity contribution in [3.05, 3.63) is 11.6 Å². The first kappa shape index (κ1) is 8.84. The molecule has 1 nitrogen and oxygen atoms in total. The van der Waals surface area contributed by atoms with Crippen LogP contribution in [0.1, 0.15) is 38.5 Å². The Morgan fingerprint density at radius 2 is 2.31 bits per heavy atom. The quantitative estimate of drug-likeness (QED) is 0.516. The van der Waals surface area contributed by atoms with Crippen LogP contribution in [0.4, 0.5) is 0 Å². The van der Waals surface area contributed by atoms with Gasteiger partial charge in [0.2, 0.25) is 0 Å². The lowest BCUT2D eigenvalue weighted by atomic mass is 10.00. The highest BCUT2D eigenvalue weighted by molar-refractivity contribution is 5.30. The second-order valence-corrected chi connectivity index (χ2v) is 3.75. The zero-order chi connectivity index (χ0) is 8.93. The third kappa shape index (κ3) is 2.60. The number of hydrogen-bond donors (Lipinski definition) is 0. The molecule has 1 atom stereocenters. The third-order valence-electron chi connectivity index (χ3n) is 2.61. The molecule has 1 aliphatic carbocycles. The van der Waals surface area contributed by atoms with Gasteiger partial charge in [-0.05, 0) is 44.1 Å². The zero-order valence-corrected chi connectivity index (χ0v) is 8.01. The summed E-state index contributed by atoms with van der Waals surface area (Å²) in [6.45, 7) is 0.901. The number of rotatable bonds is 0. The Kier molecular flexibility index (Phi) is 3.05. The summed E-state index contributed by atoms with van der Waals surface area (Å²) in [6, 6.07) is 0. The molecule has 0 saturated carbocycles. The van der Waals surface area contributed by atoms with Gasteiger partial charge in [0, 0.05) is 6.61 Å². The van der Waals surface area contributed by atoms with E-state index in [9.17, 15) is 0 Å². The summed E-state index contributed by atoms with van der Waals surface area (Å²) >= 11 is 0. The zero-order valence-electron chi connectivity index (χ0n) is 8.01. The minimum Gasteiger partial charge on any atom is -0.366 e. The van der Waals surface area contributed by atoms with E-state index >= 15 is 0 Å². The fourth-order valence-electron chi connectivity index (χ4n) is 1.82. The van der Waals surface area contributed by atoms with Gasteiger partial charge in [-0.3, -0.25) is 0 Å². The summed E-state index contributed by atoms with van der Waals surface area (Å²) < 4.78 is 5.44. The average molecular weight is 176 g/mol. The van der Waals surface area contributed by atoms with Gasteiger partial charge in [-0.1, -0.05) is 17.9 Å². The molecule has 0 aromatic rings. The molecule has 1 unspecified atom stereocenters. The molecular weight excluding hydrogens is 160 g/mol. The summed E-state index contributed by atoms with van der Waals surface area (Å²) in [5.41, 5.74) is 1.33. The second-order valence-electron chi connectivity index (χ2n) is 3.75. The summed E-state index contributed by atoms with van der Waals surface area (Å²) in [5.74, 6) is 6.46. The number of hydrogen-bond acceptors (Lipinski definition) is 1. The first-order valence-electron chi connectivity index (χ1n) is 5.27. The maximum Gasteiger partial charge on any atom is 0.118 e. The predicted molar refractivity (Wildman–Crippen MR) is 53.3 cm³/mol. The van der Waals surface area contributed by atoms with Crippen molar-refractivity contribution in [2.75, 3.05) is 6.61 Å². The molecule has 1 heterocycles. The summed E-state index contributed by atoms with van der Waals surface area (Å²) in [6.07, 6.45) is 9.86. The van der Waals surface area contributed by atoms with Crippen LogP contribution in [0.25, 0.3) is 0 Å². The Hall–Kier alpha value is -0.740. The third-order valence-corrected chi connectivity index (χ3v) is 2.61. The van der Waals surface area contributed by atoms with Crippen LogP contribution in [0.2, 0.25) is 0 Å². The smallest absolute Gasteiger partial charge is 0.118 e. The molecule has 13 heavy (non-hydrogen) atoms. The van der Waals surface area contributed by atoms with Gasteiger partial charge >= 0.3 is 0 Å². The lowest BCUT2D eigenvalue weighted by Crippen LogP contribution is -2.00. The lowest BCUT2D eigenvalue weighted by Gasteiger charge is -2.06. The predicted octanol–water partition coefficient (Wildman–Crippen LogP) is 2.67. The largest absolute Gasteiger partial charge is 0.366 e. The highest BCUT2D eigenvalue weighted by Crippen LogP contribution is 2.17. The van der Waals surface area contributed by atoms with Crippen LogP contribution in [0.15, 0.2) is 11.6 Å². The van der Waals surface area contributed by atoms with Gasteiger partial charge in [-0.2, -0.15) is 0 Å². The van der Waals surface area contributed by atoms with Crippen LogP contribution in [-0.4, -0.2) is 12.7 Å². The average Bonchev–Trinajstić information content (AvgIpc) is 2.69. The summed E-state index contributed by atoms with van der Waals surface area (Å²) in [5, 5.41) is 0. The van der Waals surface area contributed by atoms with Crippen LogP contribution in [-0.2, 0) is 4.74 Å². The van der Waals surface area contributed by atoms with E-state index in [0.29, 0.717) is 0 Å². The Bertz CT molecular complexity index is 248. The molecule has 1 aliphatic heterocycles. The second kappa shape index (κ2) is 4.48. The first-order valence-corrected chi connectivity index (χ1v) is 5.27. The molecule has 70 valence electrons. The minimum atomic E-state index is 0.225. The van der Waals surface area contributed by atoms with E-state index in [1.165, 1.54) is 37.7 Å².